The number of carbonyl (C=O) groups is 3. The number of para-hydroxylation sites is 1. The molecule has 2 saturated heterocycles. The van der Waals surface area contributed by atoms with Crippen molar-refractivity contribution in [1.29, 1.82) is 0 Å². The monoisotopic (exact) mass is 551 g/mol. The van der Waals surface area contributed by atoms with Crippen molar-refractivity contribution in [2.45, 2.75) is 37.3 Å². The number of rotatable bonds is 4. The van der Waals surface area contributed by atoms with Gasteiger partial charge < -0.3 is 29.3 Å². The third-order valence-corrected chi connectivity index (χ3v) is 9.05. The van der Waals surface area contributed by atoms with E-state index >= 15 is 0 Å². The number of anilines is 1. The average Bonchev–Trinajstić information content (AvgIpc) is 3.44. The summed E-state index contributed by atoms with van der Waals surface area (Å²) in [6.45, 7) is 3.54. The molecule has 204 valence electrons. The summed E-state index contributed by atoms with van der Waals surface area (Å²) >= 11 is 6.49. The van der Waals surface area contributed by atoms with Crippen LogP contribution in [0.25, 0.3) is 0 Å². The smallest absolute Gasteiger partial charge is 0.247 e. The molecular weight excluding hydrogens is 522 g/mol. The summed E-state index contributed by atoms with van der Waals surface area (Å²) < 4.78 is 16.9. The van der Waals surface area contributed by atoms with Crippen LogP contribution in [0.15, 0.2) is 48.2 Å². The highest BCUT2D eigenvalue weighted by Gasteiger charge is 2.61. The van der Waals surface area contributed by atoms with Crippen LogP contribution in [0.3, 0.4) is 0 Å². The van der Waals surface area contributed by atoms with Crippen molar-refractivity contribution in [1.82, 2.24) is 10.2 Å². The third kappa shape index (κ3) is 3.55. The van der Waals surface area contributed by atoms with E-state index in [1.54, 1.807) is 0 Å². The standard InChI is InChI=1S/C29H30ClN3O6/c1-17-13-19(32-11-9-28(10-12-32)27(36)31-16-33(28)18-7-5-4-6-8-18)14-22(34)29(17)26(35)23-20(37-2)15-21(38-3)24(30)25(23)39-29/h4-8,14-15,17H,9-13,16H2,1-3H3,(H,31,36). The van der Waals surface area contributed by atoms with Gasteiger partial charge in [-0.3, -0.25) is 14.4 Å². The van der Waals surface area contributed by atoms with E-state index in [4.69, 9.17) is 25.8 Å². The SMILES string of the molecule is COc1cc(OC)c2c(c1Cl)OC1(C(=O)C=C(N3CCC4(CC3)C(=O)NCN4c3ccccc3)CC1C)C2=O. The second-order valence-electron chi connectivity index (χ2n) is 10.5. The first-order valence-electron chi connectivity index (χ1n) is 13.1. The zero-order valence-corrected chi connectivity index (χ0v) is 22.8. The maximum Gasteiger partial charge on any atom is 0.247 e. The van der Waals surface area contributed by atoms with Crippen LogP contribution in [0.2, 0.25) is 5.02 Å². The largest absolute Gasteiger partial charge is 0.496 e. The van der Waals surface area contributed by atoms with Gasteiger partial charge in [0.2, 0.25) is 23.1 Å². The summed E-state index contributed by atoms with van der Waals surface area (Å²) in [6, 6.07) is 11.5. The van der Waals surface area contributed by atoms with Crippen molar-refractivity contribution >= 4 is 34.8 Å². The molecule has 0 radical (unpaired) electrons. The molecule has 2 fully saturated rings. The summed E-state index contributed by atoms with van der Waals surface area (Å²) in [7, 11) is 2.90. The predicted molar refractivity (Wildman–Crippen MR) is 145 cm³/mol. The molecule has 0 bridgehead atoms. The van der Waals surface area contributed by atoms with Gasteiger partial charge >= 0.3 is 0 Å². The molecule has 2 spiro atoms. The van der Waals surface area contributed by atoms with Crippen molar-refractivity contribution in [3.8, 4) is 17.2 Å². The lowest BCUT2D eigenvalue weighted by atomic mass is 9.73. The first kappa shape index (κ1) is 25.6. The van der Waals surface area contributed by atoms with Crippen LogP contribution in [0, 0.1) is 5.92 Å². The van der Waals surface area contributed by atoms with E-state index in [0.29, 0.717) is 44.8 Å². The maximum atomic E-state index is 13.8. The Morgan fingerprint density at radius 3 is 2.38 bits per heavy atom. The summed E-state index contributed by atoms with van der Waals surface area (Å²) in [6.07, 6.45) is 3.23. The van der Waals surface area contributed by atoms with Crippen LogP contribution in [-0.2, 0) is 9.59 Å². The minimum Gasteiger partial charge on any atom is -0.496 e. The minimum absolute atomic E-state index is 0.0380. The van der Waals surface area contributed by atoms with Gasteiger partial charge in [0.25, 0.3) is 0 Å². The van der Waals surface area contributed by atoms with Crippen LogP contribution < -0.4 is 24.4 Å². The van der Waals surface area contributed by atoms with Gasteiger partial charge in [-0.25, -0.2) is 0 Å². The maximum absolute atomic E-state index is 13.8. The number of halogens is 1. The fraction of sp³-hybridized carbons (Fsp3) is 0.414. The molecular formula is C29H30ClN3O6. The van der Waals surface area contributed by atoms with E-state index in [1.165, 1.54) is 26.4 Å². The number of benzene rings is 2. The van der Waals surface area contributed by atoms with E-state index in [1.807, 2.05) is 37.3 Å². The van der Waals surface area contributed by atoms with Crippen molar-refractivity contribution in [2.24, 2.45) is 5.92 Å². The fourth-order valence-electron chi connectivity index (χ4n) is 6.52. The number of allylic oxidation sites excluding steroid dienone is 1. The number of piperidine rings is 1. The number of ketones is 2. The van der Waals surface area contributed by atoms with Gasteiger partial charge in [-0.15, -0.1) is 0 Å². The second kappa shape index (κ2) is 9.19. The number of carbonyl (C=O) groups excluding carboxylic acids is 3. The molecule has 3 heterocycles. The number of fused-ring (bicyclic) bond motifs is 1. The van der Waals surface area contributed by atoms with Crippen LogP contribution >= 0.6 is 11.6 Å². The quantitative estimate of drug-likeness (QED) is 0.576. The molecule has 2 aromatic rings. The third-order valence-electron chi connectivity index (χ3n) is 8.69. The molecule has 6 rings (SSSR count). The van der Waals surface area contributed by atoms with Gasteiger partial charge in [-0.2, -0.15) is 0 Å². The Balaban J connectivity index is 1.25. The number of Topliss-reactive ketones (excluding diaryl/α,β-unsaturated/α-hetero) is 1. The Morgan fingerprint density at radius 1 is 1.05 bits per heavy atom. The van der Waals surface area contributed by atoms with E-state index < -0.39 is 28.6 Å². The predicted octanol–water partition coefficient (Wildman–Crippen LogP) is 3.59. The van der Waals surface area contributed by atoms with Crippen molar-refractivity contribution in [3.63, 3.8) is 0 Å². The molecule has 4 aliphatic rings. The molecule has 1 aliphatic carbocycles. The van der Waals surface area contributed by atoms with E-state index in [9.17, 15) is 14.4 Å². The Hall–Kier alpha value is -3.72. The Labute approximate surface area is 231 Å². The number of methoxy groups -OCH3 is 2. The van der Waals surface area contributed by atoms with Gasteiger partial charge in [0, 0.05) is 42.5 Å². The topological polar surface area (TPSA) is 97.4 Å². The molecule has 0 saturated carbocycles. The van der Waals surface area contributed by atoms with Crippen LogP contribution in [0.4, 0.5) is 5.69 Å². The zero-order valence-electron chi connectivity index (χ0n) is 22.1. The number of hydrogen-bond donors (Lipinski definition) is 1. The summed E-state index contributed by atoms with van der Waals surface area (Å²) in [4.78, 5) is 44.8. The first-order chi connectivity index (χ1) is 18.8. The highest BCUT2D eigenvalue weighted by molar-refractivity contribution is 6.36. The number of ether oxygens (including phenoxy) is 3. The molecule has 3 aliphatic heterocycles. The fourth-order valence-corrected chi connectivity index (χ4v) is 6.79. The lowest BCUT2D eigenvalue weighted by Gasteiger charge is -2.46. The van der Waals surface area contributed by atoms with Crippen LogP contribution in [0.1, 0.15) is 36.5 Å². The molecule has 39 heavy (non-hydrogen) atoms. The van der Waals surface area contributed by atoms with E-state index in [-0.39, 0.29) is 28.0 Å². The van der Waals surface area contributed by atoms with Crippen molar-refractivity contribution in [2.75, 3.05) is 38.9 Å². The average molecular weight is 552 g/mol. The molecule has 1 amide bonds. The zero-order chi connectivity index (χ0) is 27.5. The molecule has 2 aromatic carbocycles. The number of amides is 1. The van der Waals surface area contributed by atoms with E-state index in [2.05, 4.69) is 15.1 Å². The summed E-state index contributed by atoms with van der Waals surface area (Å²) in [5, 5.41) is 3.15. The van der Waals surface area contributed by atoms with Gasteiger partial charge in [-0.05, 0) is 31.4 Å². The highest BCUT2D eigenvalue weighted by atomic mass is 35.5. The normalized spacial score (nSPS) is 25.5. The van der Waals surface area contributed by atoms with Gasteiger partial charge in [0.1, 0.15) is 27.6 Å². The summed E-state index contributed by atoms with van der Waals surface area (Å²) in [5.74, 6) is -0.624. The minimum atomic E-state index is -1.71. The number of hydrogen-bond acceptors (Lipinski definition) is 8. The molecule has 2 atom stereocenters. The molecule has 9 nitrogen and oxygen atoms in total. The Morgan fingerprint density at radius 2 is 1.74 bits per heavy atom. The van der Waals surface area contributed by atoms with Crippen LogP contribution in [0.5, 0.6) is 17.2 Å². The highest BCUT2D eigenvalue weighted by Crippen LogP contribution is 2.53. The number of nitrogens with zero attached hydrogens (tertiary/aromatic N) is 2. The lowest BCUT2D eigenvalue weighted by molar-refractivity contribution is -0.130. The molecule has 1 N–H and O–H groups in total. The summed E-state index contributed by atoms with van der Waals surface area (Å²) in [5.41, 5.74) is -0.312. The van der Waals surface area contributed by atoms with Crippen molar-refractivity contribution in [3.05, 3.63) is 58.8 Å². The number of likely N-dealkylation sites (tertiary alicyclic amines) is 1. The Bertz CT molecular complexity index is 1400. The Kier molecular flexibility index (Phi) is 6.02. The van der Waals surface area contributed by atoms with Gasteiger partial charge in [-0.1, -0.05) is 36.7 Å². The molecule has 0 aromatic heterocycles. The first-order valence-corrected chi connectivity index (χ1v) is 13.4. The number of nitrogens with one attached hydrogen (secondary N) is 1. The van der Waals surface area contributed by atoms with Gasteiger partial charge in [0.05, 0.1) is 20.9 Å². The van der Waals surface area contributed by atoms with Crippen LogP contribution in [-0.4, -0.2) is 67.5 Å². The second-order valence-corrected chi connectivity index (χ2v) is 10.9. The van der Waals surface area contributed by atoms with E-state index in [0.717, 1.165) is 11.4 Å². The lowest BCUT2D eigenvalue weighted by Crippen LogP contribution is -2.58. The molecule has 10 heteroatoms. The van der Waals surface area contributed by atoms with Crippen molar-refractivity contribution < 1.29 is 28.6 Å². The van der Waals surface area contributed by atoms with Gasteiger partial charge in [0.15, 0.2) is 5.75 Å². The molecule has 2 unspecified atom stereocenters.